The molecule has 0 aliphatic heterocycles. The van der Waals surface area contributed by atoms with Crippen LogP contribution in [0.15, 0.2) is 22.7 Å². The summed E-state index contributed by atoms with van der Waals surface area (Å²) in [5.41, 5.74) is 6.62. The van der Waals surface area contributed by atoms with E-state index >= 15 is 0 Å². The second-order valence-corrected chi connectivity index (χ2v) is 5.64. The second-order valence-electron chi connectivity index (χ2n) is 4.78. The highest BCUT2D eigenvalue weighted by Crippen LogP contribution is 2.64. The number of hydrogen-bond acceptors (Lipinski definition) is 1. The molecule has 0 aromatic heterocycles. The smallest absolute Gasteiger partial charge is 0.140 e. The summed E-state index contributed by atoms with van der Waals surface area (Å²) in [5.74, 6) is 0.535. The molecule has 0 spiro atoms. The first-order valence-electron chi connectivity index (χ1n) is 5.14. The van der Waals surface area contributed by atoms with Crippen LogP contribution in [0, 0.1) is 17.2 Å². The van der Waals surface area contributed by atoms with E-state index in [1.54, 1.807) is 6.07 Å². The molecule has 2 rings (SSSR count). The average molecular weight is 272 g/mol. The van der Waals surface area contributed by atoms with Gasteiger partial charge in [0.1, 0.15) is 5.82 Å². The SMILES string of the molecule is CC1(C)[C@H](CN)[C@H]1c1cccc(Br)c1F. The van der Waals surface area contributed by atoms with Crippen LogP contribution in [0.1, 0.15) is 25.3 Å². The van der Waals surface area contributed by atoms with Crippen molar-refractivity contribution in [3.63, 3.8) is 0 Å². The van der Waals surface area contributed by atoms with Gasteiger partial charge in [-0.25, -0.2) is 4.39 Å². The third-order valence-corrected chi connectivity index (χ3v) is 4.23. The molecule has 2 atom stereocenters. The van der Waals surface area contributed by atoms with Crippen LogP contribution in [0.4, 0.5) is 4.39 Å². The molecule has 1 nitrogen and oxygen atoms in total. The van der Waals surface area contributed by atoms with E-state index in [-0.39, 0.29) is 17.2 Å². The Bertz CT molecular complexity index is 389. The number of rotatable bonds is 2. The quantitative estimate of drug-likeness (QED) is 0.878. The van der Waals surface area contributed by atoms with Crippen molar-refractivity contribution in [2.45, 2.75) is 19.8 Å². The maximum atomic E-state index is 13.9. The van der Waals surface area contributed by atoms with Gasteiger partial charge >= 0.3 is 0 Å². The molecular weight excluding hydrogens is 257 g/mol. The summed E-state index contributed by atoms with van der Waals surface area (Å²) in [6.45, 7) is 4.93. The predicted octanol–water partition coefficient (Wildman–Crippen LogP) is 3.29. The average Bonchev–Trinajstić information content (AvgIpc) is 2.73. The zero-order valence-electron chi connectivity index (χ0n) is 8.93. The largest absolute Gasteiger partial charge is 0.330 e. The molecule has 15 heavy (non-hydrogen) atoms. The van der Waals surface area contributed by atoms with Gasteiger partial charge < -0.3 is 5.73 Å². The minimum atomic E-state index is -0.133. The lowest BCUT2D eigenvalue weighted by Gasteiger charge is -2.05. The Morgan fingerprint density at radius 3 is 2.67 bits per heavy atom. The summed E-state index contributed by atoms with van der Waals surface area (Å²) < 4.78 is 14.4. The standard InChI is InChI=1S/C12H15BrFN/c1-12(2)8(6-15)10(12)7-4-3-5-9(13)11(7)14/h3-5,8,10H,6,15H2,1-2H3/t8-,10-/m1/s1. The van der Waals surface area contributed by atoms with Crippen molar-refractivity contribution >= 4 is 15.9 Å². The van der Waals surface area contributed by atoms with E-state index in [4.69, 9.17) is 5.73 Å². The molecule has 1 aromatic carbocycles. The van der Waals surface area contributed by atoms with E-state index in [9.17, 15) is 4.39 Å². The Morgan fingerprint density at radius 2 is 2.13 bits per heavy atom. The molecule has 3 heteroatoms. The number of benzene rings is 1. The van der Waals surface area contributed by atoms with Crippen molar-refractivity contribution in [1.29, 1.82) is 0 Å². The van der Waals surface area contributed by atoms with Gasteiger partial charge in [0.15, 0.2) is 0 Å². The van der Waals surface area contributed by atoms with Crippen LogP contribution in [-0.4, -0.2) is 6.54 Å². The molecule has 1 aliphatic rings. The van der Waals surface area contributed by atoms with Crippen LogP contribution in [0.5, 0.6) is 0 Å². The molecule has 2 N–H and O–H groups in total. The van der Waals surface area contributed by atoms with E-state index in [0.717, 1.165) is 5.56 Å². The van der Waals surface area contributed by atoms with E-state index in [1.165, 1.54) is 0 Å². The number of hydrogen-bond donors (Lipinski definition) is 1. The normalized spacial score (nSPS) is 27.8. The van der Waals surface area contributed by atoms with Crippen molar-refractivity contribution < 1.29 is 4.39 Å². The molecule has 0 saturated heterocycles. The lowest BCUT2D eigenvalue weighted by molar-refractivity contribution is 0.550. The highest BCUT2D eigenvalue weighted by Gasteiger charge is 2.58. The molecule has 0 heterocycles. The van der Waals surface area contributed by atoms with Crippen molar-refractivity contribution in [2.24, 2.45) is 17.1 Å². The molecular formula is C12H15BrFN. The Kier molecular flexibility index (Phi) is 2.63. The summed E-state index contributed by atoms with van der Waals surface area (Å²) in [6, 6.07) is 5.47. The molecule has 0 unspecified atom stereocenters. The Balaban J connectivity index is 2.37. The summed E-state index contributed by atoms with van der Waals surface area (Å²) >= 11 is 3.22. The van der Waals surface area contributed by atoms with Crippen molar-refractivity contribution in [2.75, 3.05) is 6.54 Å². The van der Waals surface area contributed by atoms with Gasteiger partial charge in [-0.2, -0.15) is 0 Å². The lowest BCUT2D eigenvalue weighted by atomic mass is 10.0. The second kappa shape index (κ2) is 3.56. The molecule has 1 aromatic rings. The van der Waals surface area contributed by atoms with Gasteiger partial charge in [-0.15, -0.1) is 0 Å². The van der Waals surface area contributed by atoms with Crippen LogP contribution in [0.3, 0.4) is 0 Å². The molecule has 1 fully saturated rings. The number of nitrogens with two attached hydrogens (primary N) is 1. The van der Waals surface area contributed by atoms with E-state index in [0.29, 0.717) is 16.9 Å². The fourth-order valence-corrected chi connectivity index (χ4v) is 2.94. The highest BCUT2D eigenvalue weighted by atomic mass is 79.9. The Morgan fingerprint density at radius 1 is 1.47 bits per heavy atom. The van der Waals surface area contributed by atoms with Gasteiger partial charge in [0, 0.05) is 0 Å². The minimum Gasteiger partial charge on any atom is -0.330 e. The molecule has 1 aliphatic carbocycles. The van der Waals surface area contributed by atoms with Gasteiger partial charge in [0.05, 0.1) is 4.47 Å². The van der Waals surface area contributed by atoms with Gasteiger partial charge in [-0.3, -0.25) is 0 Å². The summed E-state index contributed by atoms with van der Waals surface area (Å²) in [6.07, 6.45) is 0. The Labute approximate surface area is 98.0 Å². The third kappa shape index (κ3) is 1.62. The van der Waals surface area contributed by atoms with E-state index in [1.807, 2.05) is 12.1 Å². The first-order chi connectivity index (χ1) is 7.00. The van der Waals surface area contributed by atoms with E-state index in [2.05, 4.69) is 29.8 Å². The van der Waals surface area contributed by atoms with Crippen LogP contribution in [-0.2, 0) is 0 Å². The van der Waals surface area contributed by atoms with Crippen LogP contribution < -0.4 is 5.73 Å². The van der Waals surface area contributed by atoms with Gasteiger partial charge in [0.25, 0.3) is 0 Å². The van der Waals surface area contributed by atoms with Gasteiger partial charge in [-0.1, -0.05) is 26.0 Å². The molecule has 1 saturated carbocycles. The van der Waals surface area contributed by atoms with Crippen LogP contribution in [0.25, 0.3) is 0 Å². The van der Waals surface area contributed by atoms with Crippen molar-refractivity contribution in [3.05, 3.63) is 34.1 Å². The Hall–Kier alpha value is -0.410. The fourth-order valence-electron chi connectivity index (χ4n) is 2.56. The maximum absolute atomic E-state index is 13.9. The van der Waals surface area contributed by atoms with Crippen LogP contribution in [0.2, 0.25) is 0 Å². The predicted molar refractivity (Wildman–Crippen MR) is 63.2 cm³/mol. The van der Waals surface area contributed by atoms with Gasteiger partial charge in [0.2, 0.25) is 0 Å². The fraction of sp³-hybridized carbons (Fsp3) is 0.500. The van der Waals surface area contributed by atoms with Crippen molar-refractivity contribution in [3.8, 4) is 0 Å². The van der Waals surface area contributed by atoms with Gasteiger partial charge in [-0.05, 0) is 51.4 Å². The van der Waals surface area contributed by atoms with E-state index < -0.39 is 0 Å². The summed E-state index contributed by atoms with van der Waals surface area (Å²) in [7, 11) is 0. The first-order valence-corrected chi connectivity index (χ1v) is 5.93. The molecule has 0 amide bonds. The van der Waals surface area contributed by atoms with Crippen LogP contribution >= 0.6 is 15.9 Å². The highest BCUT2D eigenvalue weighted by molar-refractivity contribution is 9.10. The molecule has 0 bridgehead atoms. The first kappa shape index (κ1) is 11.1. The zero-order chi connectivity index (χ0) is 11.2. The topological polar surface area (TPSA) is 26.0 Å². The summed E-state index contributed by atoms with van der Waals surface area (Å²) in [4.78, 5) is 0. The molecule has 82 valence electrons. The summed E-state index contributed by atoms with van der Waals surface area (Å²) in [5, 5.41) is 0. The monoisotopic (exact) mass is 271 g/mol. The van der Waals surface area contributed by atoms with Crippen molar-refractivity contribution in [1.82, 2.24) is 0 Å². The third-order valence-electron chi connectivity index (χ3n) is 3.62. The molecule has 0 radical (unpaired) electrons. The minimum absolute atomic E-state index is 0.133. The number of halogens is 2. The maximum Gasteiger partial charge on any atom is 0.140 e. The zero-order valence-corrected chi connectivity index (χ0v) is 10.5. The lowest BCUT2D eigenvalue weighted by Crippen LogP contribution is -2.05.